The van der Waals surface area contributed by atoms with E-state index in [2.05, 4.69) is 20.3 Å². The maximum absolute atomic E-state index is 13.0. The molecule has 0 unspecified atom stereocenters. The van der Waals surface area contributed by atoms with Crippen molar-refractivity contribution in [3.63, 3.8) is 0 Å². The Hall–Kier alpha value is -3.88. The number of aryl methyl sites for hydroxylation is 2. The molecule has 4 aromatic rings. The number of hydrogen-bond acceptors (Lipinski definition) is 5. The van der Waals surface area contributed by atoms with Gasteiger partial charge in [-0.1, -0.05) is 18.2 Å². The van der Waals surface area contributed by atoms with Crippen LogP contribution in [0.4, 0.5) is 4.39 Å². The first-order valence-corrected chi connectivity index (χ1v) is 9.24. The molecule has 0 bridgehead atoms. The third-order valence-corrected chi connectivity index (χ3v) is 5.07. The number of nitrogens with one attached hydrogen (secondary N) is 2. The Balaban J connectivity index is 1.81. The van der Waals surface area contributed by atoms with Crippen LogP contribution >= 0.6 is 0 Å². The predicted molar refractivity (Wildman–Crippen MR) is 110 cm³/mol. The number of aromatic nitrogens is 5. The summed E-state index contributed by atoms with van der Waals surface area (Å²) in [6.07, 6.45) is 0.471. The number of fused-ring (bicyclic) bond motifs is 1. The maximum atomic E-state index is 13.0. The van der Waals surface area contributed by atoms with Crippen LogP contribution in [0, 0.1) is 13.8 Å². The zero-order valence-electron chi connectivity index (χ0n) is 16.3. The van der Waals surface area contributed by atoms with E-state index in [0.29, 0.717) is 17.5 Å². The molecule has 0 aliphatic rings. The molecule has 0 amide bonds. The molecule has 0 saturated heterocycles. The third-order valence-electron chi connectivity index (χ3n) is 5.07. The molecule has 152 valence electrons. The van der Waals surface area contributed by atoms with Crippen molar-refractivity contribution >= 4 is 10.8 Å². The molecule has 0 radical (unpaired) electrons. The van der Waals surface area contributed by atoms with Crippen molar-refractivity contribution in [1.29, 1.82) is 0 Å². The van der Waals surface area contributed by atoms with E-state index in [1.54, 1.807) is 24.3 Å². The molecule has 0 saturated carbocycles. The summed E-state index contributed by atoms with van der Waals surface area (Å²) in [5, 5.41) is 11.9. The zero-order valence-corrected chi connectivity index (χ0v) is 16.3. The van der Waals surface area contributed by atoms with Crippen LogP contribution in [0.1, 0.15) is 28.1 Å². The molecule has 4 rings (SSSR count). The second-order valence-corrected chi connectivity index (χ2v) is 7.03. The van der Waals surface area contributed by atoms with Gasteiger partial charge in [0.05, 0.1) is 16.8 Å². The maximum Gasteiger partial charge on any atom is 0.349 e. The topological polar surface area (TPSA) is 114 Å². The average molecular weight is 407 g/mol. The highest BCUT2D eigenvalue weighted by Gasteiger charge is 2.14. The van der Waals surface area contributed by atoms with E-state index in [9.17, 15) is 18.8 Å². The van der Waals surface area contributed by atoms with Gasteiger partial charge in [-0.15, -0.1) is 0 Å². The number of halogens is 1. The van der Waals surface area contributed by atoms with Gasteiger partial charge in [0.25, 0.3) is 11.1 Å². The number of hydrogen-bond donors (Lipinski definition) is 2. The lowest BCUT2D eigenvalue weighted by Crippen LogP contribution is -2.33. The van der Waals surface area contributed by atoms with Crippen molar-refractivity contribution in [2.45, 2.75) is 26.9 Å². The number of alkyl halides is 1. The Morgan fingerprint density at radius 1 is 0.967 bits per heavy atom. The first-order chi connectivity index (χ1) is 14.4. The standard InChI is InChI=1S/C21H18FN5O3/c1-11-7-13(27-21(30)23-20(29)18(10-22)26-27)8-12(2)16(11)9-17-14-5-3-4-6-15(14)19(28)25-24-17/h3-8H,9-10H2,1-2H3,(H,25,28)(H,23,29,30). The number of aromatic amines is 2. The normalized spacial score (nSPS) is 11.2. The van der Waals surface area contributed by atoms with Gasteiger partial charge in [0, 0.05) is 11.8 Å². The molecule has 0 spiro atoms. The monoisotopic (exact) mass is 407 g/mol. The largest absolute Gasteiger partial charge is 0.349 e. The van der Waals surface area contributed by atoms with Gasteiger partial charge in [0.1, 0.15) is 6.67 Å². The number of benzene rings is 2. The van der Waals surface area contributed by atoms with Gasteiger partial charge in [-0.2, -0.15) is 14.9 Å². The highest BCUT2D eigenvalue weighted by Crippen LogP contribution is 2.23. The van der Waals surface area contributed by atoms with Crippen LogP contribution in [0.3, 0.4) is 0 Å². The van der Waals surface area contributed by atoms with Crippen LogP contribution in [0.2, 0.25) is 0 Å². The van der Waals surface area contributed by atoms with Crippen LogP contribution in [-0.4, -0.2) is 25.0 Å². The molecule has 2 aromatic heterocycles. The smallest absolute Gasteiger partial charge is 0.271 e. The molecule has 0 aliphatic heterocycles. The first kappa shape index (κ1) is 19.4. The Bertz CT molecular complexity index is 1430. The van der Waals surface area contributed by atoms with E-state index in [1.165, 1.54) is 0 Å². The third kappa shape index (κ3) is 3.34. The van der Waals surface area contributed by atoms with Crippen molar-refractivity contribution < 1.29 is 4.39 Å². The molecule has 8 nitrogen and oxygen atoms in total. The van der Waals surface area contributed by atoms with Gasteiger partial charge in [0.2, 0.25) is 0 Å². The van der Waals surface area contributed by atoms with E-state index >= 15 is 0 Å². The van der Waals surface area contributed by atoms with Gasteiger partial charge >= 0.3 is 5.69 Å². The summed E-state index contributed by atoms with van der Waals surface area (Å²) >= 11 is 0. The quantitative estimate of drug-likeness (QED) is 0.536. The van der Waals surface area contributed by atoms with Crippen LogP contribution < -0.4 is 16.8 Å². The minimum atomic E-state index is -1.07. The second-order valence-electron chi connectivity index (χ2n) is 7.03. The number of H-pyrrole nitrogens is 2. The number of rotatable bonds is 4. The molecular formula is C21H18FN5O3. The van der Waals surface area contributed by atoms with Crippen molar-refractivity contribution in [3.8, 4) is 5.69 Å². The highest BCUT2D eigenvalue weighted by atomic mass is 19.1. The molecule has 0 aliphatic carbocycles. The predicted octanol–water partition coefficient (Wildman–Crippen LogP) is 1.83. The lowest BCUT2D eigenvalue weighted by molar-refractivity contribution is 0.460. The molecule has 2 heterocycles. The van der Waals surface area contributed by atoms with Crippen molar-refractivity contribution in [1.82, 2.24) is 25.0 Å². The molecule has 0 fully saturated rings. The molecule has 0 atom stereocenters. The van der Waals surface area contributed by atoms with Crippen molar-refractivity contribution in [2.75, 3.05) is 0 Å². The lowest BCUT2D eigenvalue weighted by atomic mass is 9.96. The fraction of sp³-hybridized carbons (Fsp3) is 0.190. The Morgan fingerprint density at radius 3 is 2.30 bits per heavy atom. The van der Waals surface area contributed by atoms with Gasteiger partial charge < -0.3 is 0 Å². The Labute approximate surface area is 169 Å². The average Bonchev–Trinajstić information content (AvgIpc) is 2.72. The van der Waals surface area contributed by atoms with E-state index in [4.69, 9.17) is 0 Å². The van der Waals surface area contributed by atoms with Crippen LogP contribution in [0.5, 0.6) is 0 Å². The Morgan fingerprint density at radius 2 is 1.63 bits per heavy atom. The molecule has 30 heavy (non-hydrogen) atoms. The van der Waals surface area contributed by atoms with Crippen LogP contribution in [0.25, 0.3) is 16.5 Å². The number of nitrogens with zero attached hydrogens (tertiary/aromatic N) is 3. The van der Waals surface area contributed by atoms with E-state index in [-0.39, 0.29) is 11.3 Å². The fourth-order valence-electron chi connectivity index (χ4n) is 3.54. The minimum absolute atomic E-state index is 0.245. The minimum Gasteiger partial charge on any atom is -0.271 e. The fourth-order valence-corrected chi connectivity index (χ4v) is 3.54. The molecule has 9 heteroatoms. The van der Waals surface area contributed by atoms with Crippen LogP contribution in [-0.2, 0) is 13.1 Å². The first-order valence-electron chi connectivity index (χ1n) is 9.24. The van der Waals surface area contributed by atoms with Gasteiger partial charge in [-0.3, -0.25) is 14.6 Å². The van der Waals surface area contributed by atoms with Crippen LogP contribution in [0.15, 0.2) is 50.8 Å². The Kier molecular flexibility index (Phi) is 4.86. The van der Waals surface area contributed by atoms with E-state index < -0.39 is 17.9 Å². The van der Waals surface area contributed by atoms with Crippen molar-refractivity contribution in [3.05, 3.63) is 95.7 Å². The van der Waals surface area contributed by atoms with Gasteiger partial charge in [-0.05, 0) is 48.7 Å². The summed E-state index contributed by atoms with van der Waals surface area (Å²) in [4.78, 5) is 37.8. The second kappa shape index (κ2) is 7.51. The van der Waals surface area contributed by atoms with Gasteiger partial charge in [0.15, 0.2) is 5.69 Å². The summed E-state index contributed by atoms with van der Waals surface area (Å²) in [7, 11) is 0. The summed E-state index contributed by atoms with van der Waals surface area (Å²) in [6, 6.07) is 10.7. The highest BCUT2D eigenvalue weighted by molar-refractivity contribution is 5.83. The zero-order chi connectivity index (χ0) is 21.4. The van der Waals surface area contributed by atoms with E-state index in [0.717, 1.165) is 32.5 Å². The van der Waals surface area contributed by atoms with E-state index in [1.807, 2.05) is 26.0 Å². The summed E-state index contributed by atoms with van der Waals surface area (Å²) in [5.41, 5.74) is 1.67. The molecule has 2 N–H and O–H groups in total. The SMILES string of the molecule is Cc1cc(-n2nc(CF)c(=O)[nH]c2=O)cc(C)c1Cc1n[nH]c(=O)c2ccccc12. The summed E-state index contributed by atoms with van der Waals surface area (Å²) in [6.45, 7) is 2.69. The molecular weight excluding hydrogens is 389 g/mol. The van der Waals surface area contributed by atoms with Gasteiger partial charge in [-0.25, -0.2) is 14.3 Å². The summed E-state index contributed by atoms with van der Waals surface area (Å²) < 4.78 is 14.0. The molecule has 2 aromatic carbocycles. The summed E-state index contributed by atoms with van der Waals surface area (Å²) in [5.74, 6) is 0. The van der Waals surface area contributed by atoms with Crippen molar-refractivity contribution in [2.24, 2.45) is 0 Å². The lowest BCUT2D eigenvalue weighted by Gasteiger charge is -2.14.